The molecule has 1 aliphatic heterocycles. The molecule has 1 fully saturated rings. The zero-order valence-electron chi connectivity index (χ0n) is 12.8. The fourth-order valence-corrected chi connectivity index (χ4v) is 2.86. The molecule has 2 heterocycles. The number of aliphatic carboxylic acids is 1. The van der Waals surface area contributed by atoms with Gasteiger partial charge in [0, 0.05) is 32.0 Å². The van der Waals surface area contributed by atoms with Gasteiger partial charge in [-0.05, 0) is 20.5 Å². The average molecular weight is 329 g/mol. The predicted molar refractivity (Wildman–Crippen MR) is 81.9 cm³/mol. The van der Waals surface area contributed by atoms with Crippen molar-refractivity contribution in [1.29, 1.82) is 0 Å². The highest BCUT2D eigenvalue weighted by Gasteiger charge is 2.27. The molecule has 1 atom stereocenters. The van der Waals surface area contributed by atoms with Gasteiger partial charge in [0.1, 0.15) is 17.5 Å². The smallest absolute Gasteiger partial charge is 0.323 e. The molecule has 0 radical (unpaired) electrons. The lowest BCUT2D eigenvalue weighted by molar-refractivity contribution is -0.137. The molecule has 0 spiro atoms. The van der Waals surface area contributed by atoms with Crippen LogP contribution < -0.4 is 0 Å². The van der Waals surface area contributed by atoms with Gasteiger partial charge in [0.2, 0.25) is 5.91 Å². The highest BCUT2D eigenvalue weighted by atomic mass is 35.5. The van der Waals surface area contributed by atoms with Crippen molar-refractivity contribution < 1.29 is 14.7 Å². The maximum atomic E-state index is 12.2. The zero-order chi connectivity index (χ0) is 16.3. The number of hydrogen-bond donors (Lipinski definition) is 1. The number of carboxylic acids is 1. The second kappa shape index (κ2) is 7.11. The molecule has 2 rings (SSSR count). The van der Waals surface area contributed by atoms with Gasteiger partial charge in [0.05, 0.1) is 6.20 Å². The summed E-state index contributed by atoms with van der Waals surface area (Å²) < 4.78 is 1.42. The number of amides is 1. The lowest BCUT2D eigenvalue weighted by atomic mass is 10.2. The number of imidazole rings is 1. The van der Waals surface area contributed by atoms with E-state index >= 15 is 0 Å². The van der Waals surface area contributed by atoms with E-state index in [4.69, 9.17) is 16.7 Å². The van der Waals surface area contributed by atoms with Gasteiger partial charge in [0.25, 0.3) is 0 Å². The number of likely N-dealkylation sites (N-methyl/N-ethyl adjacent to an activating group) is 1. The van der Waals surface area contributed by atoms with Gasteiger partial charge in [-0.3, -0.25) is 9.59 Å². The van der Waals surface area contributed by atoms with Crippen LogP contribution in [0, 0.1) is 0 Å². The molecule has 0 bridgehead atoms. The number of carboxylic acid groups (broad SMARTS) is 1. The number of nitrogens with zero attached hydrogens (tertiary/aromatic N) is 4. The molecule has 7 nitrogen and oxygen atoms in total. The van der Waals surface area contributed by atoms with E-state index < -0.39 is 5.97 Å². The third-order valence-corrected chi connectivity index (χ3v) is 4.29. The van der Waals surface area contributed by atoms with Gasteiger partial charge in [0.15, 0.2) is 0 Å². The second-order valence-electron chi connectivity index (χ2n) is 5.72. The Balaban J connectivity index is 1.91. The minimum atomic E-state index is -0.985. The Morgan fingerprint density at radius 1 is 1.50 bits per heavy atom. The van der Waals surface area contributed by atoms with Crippen LogP contribution in [0.2, 0.25) is 5.15 Å². The highest BCUT2D eigenvalue weighted by molar-refractivity contribution is 6.29. The van der Waals surface area contributed by atoms with E-state index in [0.717, 1.165) is 19.5 Å². The largest absolute Gasteiger partial charge is 0.480 e. The van der Waals surface area contributed by atoms with E-state index in [1.807, 2.05) is 19.0 Å². The van der Waals surface area contributed by atoms with Crippen molar-refractivity contribution >= 4 is 23.5 Å². The van der Waals surface area contributed by atoms with Gasteiger partial charge in [-0.1, -0.05) is 11.6 Å². The molecule has 0 aromatic carbocycles. The van der Waals surface area contributed by atoms with Crippen LogP contribution in [0.4, 0.5) is 0 Å². The molecular weight excluding hydrogens is 308 g/mol. The number of aryl methyl sites for hydroxylation is 1. The van der Waals surface area contributed by atoms with Crippen molar-refractivity contribution in [3.05, 3.63) is 17.2 Å². The third kappa shape index (κ3) is 3.98. The van der Waals surface area contributed by atoms with Crippen molar-refractivity contribution in [1.82, 2.24) is 19.4 Å². The average Bonchev–Trinajstić information content (AvgIpc) is 3.05. The second-order valence-corrected chi connectivity index (χ2v) is 6.11. The summed E-state index contributed by atoms with van der Waals surface area (Å²) >= 11 is 5.92. The molecule has 0 aliphatic carbocycles. The molecule has 8 heteroatoms. The van der Waals surface area contributed by atoms with Crippen molar-refractivity contribution in [2.75, 3.05) is 27.2 Å². The number of hydrogen-bond acceptors (Lipinski definition) is 4. The van der Waals surface area contributed by atoms with E-state index in [1.165, 1.54) is 10.8 Å². The van der Waals surface area contributed by atoms with Crippen LogP contribution >= 0.6 is 11.6 Å². The predicted octanol–water partition coefficient (Wildman–Crippen LogP) is 0.716. The summed E-state index contributed by atoms with van der Waals surface area (Å²) in [5.41, 5.74) is 0. The maximum absolute atomic E-state index is 12.2. The first kappa shape index (κ1) is 16.8. The van der Waals surface area contributed by atoms with Crippen LogP contribution in [0.25, 0.3) is 0 Å². The summed E-state index contributed by atoms with van der Waals surface area (Å²) in [6, 6.07) is 0.410. The van der Waals surface area contributed by atoms with Crippen LogP contribution in [0.15, 0.2) is 6.20 Å². The number of rotatable bonds is 6. The number of aromatic nitrogens is 2. The molecule has 1 aromatic rings. The van der Waals surface area contributed by atoms with Crippen LogP contribution in [0.3, 0.4) is 0 Å². The Morgan fingerprint density at radius 3 is 2.82 bits per heavy atom. The Hall–Kier alpha value is -1.60. The normalized spacial score (nSPS) is 18.2. The van der Waals surface area contributed by atoms with Crippen molar-refractivity contribution in [3.63, 3.8) is 0 Å². The topological polar surface area (TPSA) is 78.7 Å². The fraction of sp³-hybridized carbons (Fsp3) is 0.643. The molecule has 1 aliphatic rings. The van der Waals surface area contributed by atoms with E-state index in [0.29, 0.717) is 24.7 Å². The monoisotopic (exact) mass is 328 g/mol. The highest BCUT2D eigenvalue weighted by Crippen LogP contribution is 2.17. The molecule has 122 valence electrons. The SMILES string of the molecule is CN(C)[C@H]1CCN(C(=O)CCc2ncc(Cl)n2CC(=O)O)C1. The molecule has 1 saturated heterocycles. The van der Waals surface area contributed by atoms with Crippen LogP contribution in [-0.2, 0) is 22.6 Å². The molecule has 22 heavy (non-hydrogen) atoms. The first-order valence-corrected chi connectivity index (χ1v) is 7.62. The standard InChI is InChI=1S/C14H21ClN4O3/c1-17(2)10-5-6-18(8-10)13(20)4-3-12-16-7-11(15)19(12)9-14(21)22/h7,10H,3-6,8-9H2,1-2H3,(H,21,22)/t10-/m0/s1. The van der Waals surface area contributed by atoms with Crippen LogP contribution in [0.5, 0.6) is 0 Å². The fourth-order valence-electron chi connectivity index (χ4n) is 2.66. The van der Waals surface area contributed by atoms with Crippen molar-refractivity contribution in [2.24, 2.45) is 0 Å². The van der Waals surface area contributed by atoms with E-state index in [-0.39, 0.29) is 17.6 Å². The summed E-state index contributed by atoms with van der Waals surface area (Å²) in [6.45, 7) is 1.27. The summed E-state index contributed by atoms with van der Waals surface area (Å²) in [6.07, 6.45) is 3.11. The minimum absolute atomic E-state index is 0.0744. The summed E-state index contributed by atoms with van der Waals surface area (Å²) in [7, 11) is 4.03. The van der Waals surface area contributed by atoms with Gasteiger partial charge in [-0.25, -0.2) is 4.98 Å². The molecule has 0 unspecified atom stereocenters. The third-order valence-electron chi connectivity index (χ3n) is 3.99. The van der Waals surface area contributed by atoms with Gasteiger partial charge in [-0.2, -0.15) is 0 Å². The van der Waals surface area contributed by atoms with Gasteiger partial charge >= 0.3 is 5.97 Å². The Kier molecular flexibility index (Phi) is 5.42. The van der Waals surface area contributed by atoms with E-state index in [9.17, 15) is 9.59 Å². The van der Waals surface area contributed by atoms with Crippen LogP contribution in [0.1, 0.15) is 18.7 Å². The molecule has 1 aromatic heterocycles. The number of likely N-dealkylation sites (tertiary alicyclic amines) is 1. The Morgan fingerprint density at radius 2 is 2.23 bits per heavy atom. The Labute approximate surface area is 134 Å². The van der Waals surface area contributed by atoms with E-state index in [1.54, 1.807) is 0 Å². The first-order valence-electron chi connectivity index (χ1n) is 7.24. The number of halogens is 1. The quantitative estimate of drug-likeness (QED) is 0.832. The van der Waals surface area contributed by atoms with E-state index in [2.05, 4.69) is 9.88 Å². The van der Waals surface area contributed by atoms with Gasteiger partial charge < -0.3 is 19.5 Å². The summed E-state index contributed by atoms with van der Waals surface area (Å²) in [5.74, 6) is -0.379. The summed E-state index contributed by atoms with van der Waals surface area (Å²) in [5, 5.41) is 9.15. The Bertz CT molecular complexity index is 558. The number of carbonyl (C=O) groups is 2. The minimum Gasteiger partial charge on any atom is -0.480 e. The van der Waals surface area contributed by atoms with Crippen molar-refractivity contribution in [3.8, 4) is 0 Å². The molecular formula is C14H21ClN4O3. The lowest BCUT2D eigenvalue weighted by Crippen LogP contribution is -2.34. The summed E-state index contributed by atoms with van der Waals surface area (Å²) in [4.78, 5) is 31.2. The molecule has 1 amide bonds. The maximum Gasteiger partial charge on any atom is 0.323 e. The van der Waals surface area contributed by atoms with Crippen molar-refractivity contribution in [2.45, 2.75) is 31.8 Å². The lowest BCUT2D eigenvalue weighted by Gasteiger charge is -2.20. The first-order chi connectivity index (χ1) is 10.4. The number of carbonyl (C=O) groups excluding carboxylic acids is 1. The van der Waals surface area contributed by atoms with Crippen LogP contribution in [-0.4, -0.2) is 69.6 Å². The zero-order valence-corrected chi connectivity index (χ0v) is 13.6. The molecule has 0 saturated carbocycles. The van der Waals surface area contributed by atoms with Gasteiger partial charge in [-0.15, -0.1) is 0 Å². The molecule has 1 N–H and O–H groups in total.